The Morgan fingerprint density at radius 3 is 2.34 bits per heavy atom. The standard InChI is InChI=1S/C26H21BrN2O4S2/c1-33-14-8-2-11(3-9-14)17-18-15-10-16(21(18)34-23-22(17)35-26(32)28-23)20-19(15)24(30)29(25(20)31)13-6-4-12(27)5-7-13/h2-9,15-21H,10H2,1H3,(H,28,32)/t15-,16-,17?,18?,19?,20?,21?/m1/s1. The monoisotopic (exact) mass is 568 g/mol. The van der Waals surface area contributed by atoms with E-state index in [9.17, 15) is 14.4 Å². The van der Waals surface area contributed by atoms with Crippen molar-refractivity contribution in [1.29, 1.82) is 0 Å². The van der Waals surface area contributed by atoms with Gasteiger partial charge in [-0.15, -0.1) is 11.8 Å². The summed E-state index contributed by atoms with van der Waals surface area (Å²) in [6.07, 6.45) is 0.884. The third-order valence-electron chi connectivity index (χ3n) is 8.28. The summed E-state index contributed by atoms with van der Waals surface area (Å²) in [5.41, 5.74) is 1.77. The number of amides is 2. The first kappa shape index (κ1) is 21.9. The molecule has 1 N–H and O–H groups in total. The molecular formula is C26H21BrN2O4S2. The van der Waals surface area contributed by atoms with E-state index >= 15 is 0 Å². The zero-order chi connectivity index (χ0) is 24.0. The van der Waals surface area contributed by atoms with E-state index in [1.807, 2.05) is 36.4 Å². The maximum absolute atomic E-state index is 13.7. The molecule has 3 heterocycles. The number of ether oxygens (including phenoxy) is 1. The van der Waals surface area contributed by atoms with Gasteiger partial charge in [0, 0.05) is 20.5 Å². The average Bonchev–Trinajstić information content (AvgIpc) is 3.59. The molecular weight excluding hydrogens is 548 g/mol. The minimum atomic E-state index is -0.295. The van der Waals surface area contributed by atoms with Crippen LogP contribution in [0.5, 0.6) is 5.75 Å². The zero-order valence-corrected chi connectivity index (χ0v) is 21.9. The smallest absolute Gasteiger partial charge is 0.305 e. The van der Waals surface area contributed by atoms with Crippen molar-refractivity contribution in [2.75, 3.05) is 12.0 Å². The van der Waals surface area contributed by atoms with Crippen molar-refractivity contribution in [1.82, 2.24) is 4.98 Å². The lowest BCUT2D eigenvalue weighted by Gasteiger charge is -2.43. The molecule has 0 spiro atoms. The van der Waals surface area contributed by atoms with Crippen molar-refractivity contribution < 1.29 is 14.3 Å². The van der Waals surface area contributed by atoms with Gasteiger partial charge in [0.25, 0.3) is 0 Å². The fraction of sp³-hybridized carbons (Fsp3) is 0.346. The van der Waals surface area contributed by atoms with Crippen LogP contribution in [0.1, 0.15) is 22.8 Å². The van der Waals surface area contributed by atoms with Gasteiger partial charge in [0.1, 0.15) is 5.75 Å². The van der Waals surface area contributed by atoms with Crippen LogP contribution in [0.3, 0.4) is 0 Å². The second-order valence-electron chi connectivity index (χ2n) is 9.72. The van der Waals surface area contributed by atoms with E-state index in [2.05, 4.69) is 33.0 Å². The quantitative estimate of drug-likeness (QED) is 0.455. The molecule has 9 heteroatoms. The fourth-order valence-corrected chi connectivity index (χ4v) is 10.2. The summed E-state index contributed by atoms with van der Waals surface area (Å²) in [4.78, 5) is 45.2. The number of aromatic nitrogens is 1. The van der Waals surface area contributed by atoms with Crippen molar-refractivity contribution in [3.8, 4) is 5.75 Å². The molecule has 2 saturated carbocycles. The van der Waals surface area contributed by atoms with Crippen molar-refractivity contribution in [3.05, 3.63) is 73.1 Å². The summed E-state index contributed by atoms with van der Waals surface area (Å²) in [5, 5.41) is 1.11. The Labute approximate surface area is 218 Å². The largest absolute Gasteiger partial charge is 0.497 e. The normalized spacial score (nSPS) is 32.5. The van der Waals surface area contributed by atoms with E-state index in [1.54, 1.807) is 18.9 Å². The van der Waals surface area contributed by atoms with Crippen molar-refractivity contribution >= 4 is 56.5 Å². The zero-order valence-electron chi connectivity index (χ0n) is 18.6. The highest BCUT2D eigenvalue weighted by Gasteiger charge is 2.69. The second kappa shape index (κ2) is 7.82. The molecule has 3 fully saturated rings. The Balaban J connectivity index is 1.31. The lowest BCUT2D eigenvalue weighted by atomic mass is 9.68. The Bertz CT molecular complexity index is 1420. The topological polar surface area (TPSA) is 79.5 Å². The first-order chi connectivity index (χ1) is 17.0. The van der Waals surface area contributed by atoms with Crippen LogP contribution < -0.4 is 14.5 Å². The second-order valence-corrected chi connectivity index (χ2v) is 12.8. The number of aromatic amines is 1. The first-order valence-corrected chi connectivity index (χ1v) is 14.1. The fourth-order valence-electron chi connectivity index (χ4n) is 7.05. The maximum Gasteiger partial charge on any atom is 0.305 e. The number of methoxy groups -OCH3 is 1. The number of hydrogen-bond acceptors (Lipinski definition) is 6. The minimum absolute atomic E-state index is 0.0201. The number of nitrogens with one attached hydrogen (secondary N) is 1. The van der Waals surface area contributed by atoms with E-state index in [4.69, 9.17) is 4.74 Å². The molecule has 1 aromatic heterocycles. The van der Waals surface area contributed by atoms with E-state index < -0.39 is 0 Å². The highest BCUT2D eigenvalue weighted by Crippen LogP contribution is 2.68. The molecule has 2 bridgehead atoms. The molecule has 7 atom stereocenters. The molecule has 2 aromatic carbocycles. The van der Waals surface area contributed by atoms with Crippen LogP contribution >= 0.6 is 39.0 Å². The Hall–Kier alpha value is -2.36. The molecule has 5 unspecified atom stereocenters. The number of halogens is 1. The number of anilines is 1. The minimum Gasteiger partial charge on any atom is -0.497 e. The summed E-state index contributed by atoms with van der Waals surface area (Å²) in [7, 11) is 1.65. The van der Waals surface area contributed by atoms with Gasteiger partial charge >= 0.3 is 4.87 Å². The van der Waals surface area contributed by atoms with Crippen LogP contribution in [0.15, 0.2) is 62.8 Å². The van der Waals surface area contributed by atoms with Crippen LogP contribution in [0.2, 0.25) is 0 Å². The summed E-state index contributed by atoms with van der Waals surface area (Å²) < 4.78 is 6.27. The van der Waals surface area contributed by atoms with E-state index in [0.29, 0.717) is 5.69 Å². The Morgan fingerprint density at radius 1 is 0.971 bits per heavy atom. The van der Waals surface area contributed by atoms with E-state index in [0.717, 1.165) is 32.1 Å². The molecule has 0 radical (unpaired) electrons. The van der Waals surface area contributed by atoms with Gasteiger partial charge in [0.05, 0.1) is 29.7 Å². The van der Waals surface area contributed by atoms with E-state index in [1.165, 1.54) is 16.2 Å². The number of H-pyrrole nitrogens is 1. The van der Waals surface area contributed by atoms with Gasteiger partial charge in [-0.3, -0.25) is 19.3 Å². The maximum atomic E-state index is 13.7. The lowest BCUT2D eigenvalue weighted by Crippen LogP contribution is -2.42. The van der Waals surface area contributed by atoms with Crippen molar-refractivity contribution in [2.45, 2.75) is 22.6 Å². The Kier molecular flexibility index (Phi) is 4.89. The van der Waals surface area contributed by atoms with E-state index in [-0.39, 0.29) is 57.4 Å². The number of rotatable bonds is 3. The van der Waals surface area contributed by atoms with Gasteiger partial charge in [-0.05, 0) is 66.1 Å². The molecule has 2 amide bonds. The third kappa shape index (κ3) is 3.04. The number of fused-ring (bicyclic) bond motifs is 9. The number of carbonyl (C=O) groups excluding carboxylic acids is 2. The van der Waals surface area contributed by atoms with Crippen LogP contribution in [-0.4, -0.2) is 29.2 Å². The molecule has 2 aliphatic carbocycles. The predicted molar refractivity (Wildman–Crippen MR) is 138 cm³/mol. The predicted octanol–water partition coefficient (Wildman–Crippen LogP) is 4.89. The van der Waals surface area contributed by atoms with Gasteiger partial charge in [-0.25, -0.2) is 0 Å². The number of nitrogens with zero attached hydrogens (tertiary/aromatic N) is 1. The SMILES string of the molecule is COc1ccc(C2c3sc(=O)[nH]c3SC3C2[C@H]2C[C@@H]3C3C(=O)N(c4ccc(Br)cc4)C(=O)C32)cc1. The molecule has 3 aromatic rings. The average molecular weight is 570 g/mol. The number of benzene rings is 2. The van der Waals surface area contributed by atoms with Crippen molar-refractivity contribution in [3.63, 3.8) is 0 Å². The van der Waals surface area contributed by atoms with Crippen LogP contribution in [0.25, 0.3) is 0 Å². The number of hydrogen-bond donors (Lipinski definition) is 1. The molecule has 35 heavy (non-hydrogen) atoms. The molecule has 4 aliphatic rings. The summed E-state index contributed by atoms with van der Waals surface area (Å²) in [6, 6.07) is 15.4. The number of thioether (sulfide) groups is 1. The summed E-state index contributed by atoms with van der Waals surface area (Å²) >= 11 is 6.42. The van der Waals surface area contributed by atoms with Crippen molar-refractivity contribution in [2.24, 2.45) is 29.6 Å². The molecule has 178 valence electrons. The highest BCUT2D eigenvalue weighted by atomic mass is 79.9. The van der Waals surface area contributed by atoms with Gasteiger partial charge < -0.3 is 9.72 Å². The number of imide groups is 1. The number of carbonyl (C=O) groups is 2. The molecule has 7 rings (SSSR count). The first-order valence-electron chi connectivity index (χ1n) is 11.6. The van der Waals surface area contributed by atoms with Gasteiger partial charge in [-0.1, -0.05) is 39.4 Å². The lowest BCUT2D eigenvalue weighted by molar-refractivity contribution is -0.123. The van der Waals surface area contributed by atoms with Crippen LogP contribution in [0, 0.1) is 29.6 Å². The highest BCUT2D eigenvalue weighted by molar-refractivity contribution is 9.10. The van der Waals surface area contributed by atoms with Gasteiger partial charge in [0.15, 0.2) is 0 Å². The van der Waals surface area contributed by atoms with Crippen LogP contribution in [-0.2, 0) is 9.59 Å². The third-order valence-corrected chi connectivity index (χ3v) is 11.4. The Morgan fingerprint density at radius 2 is 1.66 bits per heavy atom. The summed E-state index contributed by atoms with van der Waals surface area (Å²) in [6.45, 7) is 0. The molecule has 6 nitrogen and oxygen atoms in total. The molecule has 2 aliphatic heterocycles. The van der Waals surface area contributed by atoms with Gasteiger partial charge in [0.2, 0.25) is 11.8 Å². The van der Waals surface area contributed by atoms with Crippen LogP contribution in [0.4, 0.5) is 5.69 Å². The number of thiazole rings is 1. The molecule has 1 saturated heterocycles. The van der Waals surface area contributed by atoms with Gasteiger partial charge in [-0.2, -0.15) is 0 Å². The summed E-state index contributed by atoms with van der Waals surface area (Å²) in [5.74, 6) is 0.509.